The van der Waals surface area contributed by atoms with Gasteiger partial charge >= 0.3 is 0 Å². The van der Waals surface area contributed by atoms with Crippen LogP contribution in [0.1, 0.15) is 25.0 Å². The van der Waals surface area contributed by atoms with Crippen LogP contribution in [0.5, 0.6) is 0 Å². The Kier molecular flexibility index (Phi) is 2.47. The summed E-state index contributed by atoms with van der Waals surface area (Å²) in [7, 11) is 1.96. The zero-order valence-corrected chi connectivity index (χ0v) is 6.95. The average Bonchev–Trinajstić information content (AvgIpc) is 2.40. The second-order valence-electron chi connectivity index (χ2n) is 2.69. The highest BCUT2D eigenvalue weighted by molar-refractivity contribution is 5.60. The molecule has 0 aromatic carbocycles. The molecule has 0 radical (unpaired) electrons. The van der Waals surface area contributed by atoms with E-state index in [0.29, 0.717) is 0 Å². The number of rotatable bonds is 3. The second kappa shape index (κ2) is 3.37. The van der Waals surface area contributed by atoms with Crippen molar-refractivity contribution in [3.8, 4) is 0 Å². The van der Waals surface area contributed by atoms with Gasteiger partial charge in [-0.25, -0.2) is 0 Å². The van der Waals surface area contributed by atoms with Gasteiger partial charge in [-0.2, -0.15) is 0 Å². The molecule has 0 aliphatic heterocycles. The fourth-order valence-corrected chi connectivity index (χ4v) is 1.23. The first-order valence-electron chi connectivity index (χ1n) is 3.86. The topological polar surface area (TPSA) is 22.0 Å². The van der Waals surface area contributed by atoms with Gasteiger partial charge in [0.15, 0.2) is 0 Å². The van der Waals surface area contributed by atoms with Gasteiger partial charge in [-0.05, 0) is 18.6 Å². The Morgan fingerprint density at radius 2 is 2.45 bits per heavy atom. The van der Waals surface area contributed by atoms with Crippen molar-refractivity contribution in [3.63, 3.8) is 0 Å². The summed E-state index contributed by atoms with van der Waals surface area (Å²) < 4.78 is 1.99. The Morgan fingerprint density at radius 3 is 2.82 bits per heavy atom. The van der Waals surface area contributed by atoms with Crippen molar-refractivity contribution < 1.29 is 4.79 Å². The maximum Gasteiger partial charge on any atom is 0.128 e. The molecular formula is C9H13NO. The number of aromatic nitrogens is 1. The first-order valence-corrected chi connectivity index (χ1v) is 3.86. The van der Waals surface area contributed by atoms with Crippen LogP contribution in [0.2, 0.25) is 0 Å². The Hall–Kier alpha value is -1.05. The molecule has 11 heavy (non-hydrogen) atoms. The van der Waals surface area contributed by atoms with E-state index < -0.39 is 0 Å². The van der Waals surface area contributed by atoms with E-state index in [1.807, 2.05) is 36.9 Å². The minimum atomic E-state index is 0.0648. The number of nitrogens with zero attached hydrogens (tertiary/aromatic N) is 1. The van der Waals surface area contributed by atoms with Gasteiger partial charge < -0.3 is 9.36 Å². The summed E-state index contributed by atoms with van der Waals surface area (Å²) in [6.45, 7) is 2.02. The van der Waals surface area contributed by atoms with Crippen molar-refractivity contribution in [2.45, 2.75) is 19.3 Å². The third-order valence-corrected chi connectivity index (χ3v) is 1.97. The molecule has 2 nitrogen and oxygen atoms in total. The molecule has 0 aliphatic rings. The molecule has 0 saturated carbocycles. The molecule has 0 amide bonds. The molecule has 2 heteroatoms. The molecule has 1 heterocycles. The van der Waals surface area contributed by atoms with Gasteiger partial charge in [0.05, 0.1) is 5.92 Å². The Bertz CT molecular complexity index is 239. The second-order valence-corrected chi connectivity index (χ2v) is 2.69. The summed E-state index contributed by atoms with van der Waals surface area (Å²) in [5.41, 5.74) is 1.10. The maximum absolute atomic E-state index is 10.6. The molecular weight excluding hydrogens is 138 g/mol. The molecule has 0 spiro atoms. The van der Waals surface area contributed by atoms with E-state index in [4.69, 9.17) is 0 Å². The van der Waals surface area contributed by atoms with Crippen LogP contribution in [0.4, 0.5) is 0 Å². The number of carbonyl (C=O) groups is 1. The molecule has 60 valence electrons. The lowest BCUT2D eigenvalue weighted by atomic mass is 10.1. The van der Waals surface area contributed by atoms with Crippen LogP contribution in [0, 0.1) is 0 Å². The van der Waals surface area contributed by atoms with Gasteiger partial charge in [0.1, 0.15) is 6.29 Å². The highest BCUT2D eigenvalue weighted by Crippen LogP contribution is 2.16. The molecule has 1 unspecified atom stereocenters. The lowest BCUT2D eigenvalue weighted by molar-refractivity contribution is -0.109. The lowest BCUT2D eigenvalue weighted by Crippen LogP contribution is -2.03. The van der Waals surface area contributed by atoms with E-state index in [2.05, 4.69) is 0 Å². The van der Waals surface area contributed by atoms with Crippen molar-refractivity contribution >= 4 is 6.29 Å². The summed E-state index contributed by atoms with van der Waals surface area (Å²) in [6.07, 6.45) is 3.85. The zero-order valence-electron chi connectivity index (χ0n) is 6.95. The summed E-state index contributed by atoms with van der Waals surface area (Å²) in [5, 5.41) is 0. The molecule has 1 aromatic heterocycles. The third kappa shape index (κ3) is 1.50. The lowest BCUT2D eigenvalue weighted by Gasteiger charge is -2.07. The largest absolute Gasteiger partial charge is 0.354 e. The number of aldehydes is 1. The zero-order chi connectivity index (χ0) is 8.27. The van der Waals surface area contributed by atoms with E-state index in [1.54, 1.807) is 0 Å². The van der Waals surface area contributed by atoms with Crippen molar-refractivity contribution in [2.75, 3.05) is 0 Å². The molecule has 1 rings (SSSR count). The van der Waals surface area contributed by atoms with Gasteiger partial charge in [0.25, 0.3) is 0 Å². The number of hydrogen-bond donors (Lipinski definition) is 0. The highest BCUT2D eigenvalue weighted by atomic mass is 16.1. The van der Waals surface area contributed by atoms with E-state index in [9.17, 15) is 4.79 Å². The smallest absolute Gasteiger partial charge is 0.128 e. The fraction of sp³-hybridized carbons (Fsp3) is 0.444. The molecule has 1 atom stereocenters. The highest BCUT2D eigenvalue weighted by Gasteiger charge is 2.09. The Balaban J connectivity index is 2.89. The van der Waals surface area contributed by atoms with Crippen molar-refractivity contribution in [1.29, 1.82) is 0 Å². The van der Waals surface area contributed by atoms with Crippen LogP contribution in [0.3, 0.4) is 0 Å². The predicted octanol–water partition coefficient (Wildman–Crippen LogP) is 1.72. The van der Waals surface area contributed by atoms with E-state index in [0.717, 1.165) is 18.4 Å². The summed E-state index contributed by atoms with van der Waals surface area (Å²) >= 11 is 0. The van der Waals surface area contributed by atoms with Gasteiger partial charge in [-0.3, -0.25) is 0 Å². The monoisotopic (exact) mass is 151 g/mol. The fourth-order valence-electron chi connectivity index (χ4n) is 1.23. The van der Waals surface area contributed by atoms with E-state index in [-0.39, 0.29) is 5.92 Å². The average molecular weight is 151 g/mol. The Labute approximate surface area is 66.8 Å². The van der Waals surface area contributed by atoms with Crippen molar-refractivity contribution in [1.82, 2.24) is 4.57 Å². The van der Waals surface area contributed by atoms with Crippen LogP contribution < -0.4 is 0 Å². The van der Waals surface area contributed by atoms with E-state index >= 15 is 0 Å². The molecule has 0 N–H and O–H groups in total. The third-order valence-electron chi connectivity index (χ3n) is 1.97. The minimum absolute atomic E-state index is 0.0648. The molecule has 0 saturated heterocycles. The predicted molar refractivity (Wildman–Crippen MR) is 44.5 cm³/mol. The summed E-state index contributed by atoms with van der Waals surface area (Å²) in [5.74, 6) is 0.0648. The first kappa shape index (κ1) is 8.05. The van der Waals surface area contributed by atoms with Crippen LogP contribution in [0.15, 0.2) is 18.3 Å². The number of hydrogen-bond acceptors (Lipinski definition) is 1. The van der Waals surface area contributed by atoms with Crippen LogP contribution in [0.25, 0.3) is 0 Å². The first-order chi connectivity index (χ1) is 5.29. The maximum atomic E-state index is 10.6. The summed E-state index contributed by atoms with van der Waals surface area (Å²) in [4.78, 5) is 10.6. The Morgan fingerprint density at radius 1 is 1.73 bits per heavy atom. The molecule has 0 fully saturated rings. The van der Waals surface area contributed by atoms with Gasteiger partial charge in [-0.1, -0.05) is 6.92 Å². The SMILES string of the molecule is CCC(C=O)c1cccn1C. The van der Waals surface area contributed by atoms with Crippen LogP contribution in [-0.2, 0) is 11.8 Å². The standard InChI is InChI=1S/C9H13NO/c1-3-8(7-11)9-5-4-6-10(9)2/h4-8H,3H2,1-2H3. The van der Waals surface area contributed by atoms with Crippen LogP contribution >= 0.6 is 0 Å². The number of aryl methyl sites for hydroxylation is 1. The summed E-state index contributed by atoms with van der Waals surface area (Å²) in [6, 6.07) is 3.95. The quantitative estimate of drug-likeness (QED) is 0.603. The molecule has 0 bridgehead atoms. The van der Waals surface area contributed by atoms with Crippen LogP contribution in [-0.4, -0.2) is 10.9 Å². The van der Waals surface area contributed by atoms with Gasteiger partial charge in [-0.15, -0.1) is 0 Å². The minimum Gasteiger partial charge on any atom is -0.354 e. The molecule has 1 aromatic rings. The number of carbonyl (C=O) groups excluding carboxylic acids is 1. The molecule has 0 aliphatic carbocycles. The van der Waals surface area contributed by atoms with Crippen molar-refractivity contribution in [2.24, 2.45) is 7.05 Å². The van der Waals surface area contributed by atoms with Gasteiger partial charge in [0, 0.05) is 18.9 Å². The normalized spacial score (nSPS) is 12.9. The van der Waals surface area contributed by atoms with Crippen molar-refractivity contribution in [3.05, 3.63) is 24.0 Å². The van der Waals surface area contributed by atoms with E-state index in [1.165, 1.54) is 0 Å². The van der Waals surface area contributed by atoms with Gasteiger partial charge in [0.2, 0.25) is 0 Å².